The molecule has 1 amide bonds. The molecule has 3 rings (SSSR count). The van der Waals surface area contributed by atoms with Gasteiger partial charge in [-0.05, 0) is 26.8 Å². The smallest absolute Gasteiger partial charge is 0.407 e. The number of amides is 1. The molecule has 1 N–H and O–H groups in total. The fourth-order valence-electron chi connectivity index (χ4n) is 3.30. The third-order valence-electron chi connectivity index (χ3n) is 4.58. The Balaban J connectivity index is 1.93. The van der Waals surface area contributed by atoms with Gasteiger partial charge in [-0.2, -0.15) is 0 Å². The number of alkyl carbamates (subject to hydrolysis) is 1. The molecule has 1 fully saturated rings. The molecule has 2 atom stereocenters. The number of fused-ring (bicyclic) bond motifs is 1. The van der Waals surface area contributed by atoms with E-state index in [0.29, 0.717) is 22.8 Å². The molecule has 11 heteroatoms. The molecule has 0 radical (unpaired) electrons. The second-order valence-corrected chi connectivity index (χ2v) is 9.96. The fourth-order valence-corrected chi connectivity index (χ4v) is 3.46. The standard InChI is InChI=1S/C20H24Cl3NO7/c1-5-6-26-15-11(2)16-14(28-10-29-16)7-12(15)17-13(8-30-19(3,4)31-17)24-18(25)27-9-20(21,22)23/h5,7,13,17H,1,6,8-10H2,2-4H3,(H,24,25)/t13-,17-/m1/s1. The average molecular weight is 497 g/mol. The highest BCUT2D eigenvalue weighted by Gasteiger charge is 2.41. The van der Waals surface area contributed by atoms with Gasteiger partial charge < -0.3 is 33.7 Å². The Hall–Kier alpha value is -1.58. The van der Waals surface area contributed by atoms with Crippen LogP contribution in [0.25, 0.3) is 0 Å². The lowest BCUT2D eigenvalue weighted by atomic mass is 9.96. The molecule has 1 aromatic rings. The molecular formula is C20H24Cl3NO7. The Kier molecular flexibility index (Phi) is 7.38. The maximum atomic E-state index is 12.3. The molecule has 2 aliphatic rings. The zero-order valence-corrected chi connectivity index (χ0v) is 19.6. The molecular weight excluding hydrogens is 473 g/mol. The van der Waals surface area contributed by atoms with Crippen molar-refractivity contribution in [1.82, 2.24) is 5.32 Å². The van der Waals surface area contributed by atoms with Crippen molar-refractivity contribution < 1.29 is 33.2 Å². The van der Waals surface area contributed by atoms with E-state index < -0.39 is 34.4 Å². The Labute approximate surface area is 195 Å². The van der Waals surface area contributed by atoms with Crippen LogP contribution in [0.5, 0.6) is 17.2 Å². The topological polar surface area (TPSA) is 84.5 Å². The minimum Gasteiger partial charge on any atom is -0.489 e. The zero-order valence-electron chi connectivity index (χ0n) is 17.3. The minimum atomic E-state index is -1.72. The summed E-state index contributed by atoms with van der Waals surface area (Å²) in [4.78, 5) is 12.3. The van der Waals surface area contributed by atoms with Gasteiger partial charge in [0.15, 0.2) is 17.3 Å². The normalized spacial score (nSPS) is 22.0. The van der Waals surface area contributed by atoms with Crippen molar-refractivity contribution >= 4 is 40.9 Å². The van der Waals surface area contributed by atoms with E-state index in [4.69, 9.17) is 63.2 Å². The Morgan fingerprint density at radius 3 is 2.81 bits per heavy atom. The number of benzene rings is 1. The Bertz CT molecular complexity index is 841. The number of alkyl halides is 3. The summed E-state index contributed by atoms with van der Waals surface area (Å²) in [6, 6.07) is 1.16. The SMILES string of the molecule is C=CCOc1c([C@H]2OC(C)(C)OC[C@H]2NC(=O)OCC(Cl)(Cl)Cl)cc2c(c1C)OCO2. The highest BCUT2D eigenvalue weighted by Crippen LogP contribution is 2.47. The number of carbonyl (C=O) groups excluding carboxylic acids is 1. The van der Waals surface area contributed by atoms with Crippen molar-refractivity contribution in [3.63, 3.8) is 0 Å². The van der Waals surface area contributed by atoms with Crippen LogP contribution in [0.1, 0.15) is 31.1 Å². The predicted molar refractivity (Wildman–Crippen MR) is 115 cm³/mol. The molecule has 0 spiro atoms. The summed E-state index contributed by atoms with van der Waals surface area (Å²) < 4.78 is 32.3. The maximum Gasteiger partial charge on any atom is 0.407 e. The van der Waals surface area contributed by atoms with Gasteiger partial charge in [0.1, 0.15) is 25.1 Å². The number of halogens is 3. The first kappa shape index (κ1) is 24.1. The first-order chi connectivity index (χ1) is 14.5. The van der Waals surface area contributed by atoms with E-state index in [1.54, 1.807) is 26.0 Å². The van der Waals surface area contributed by atoms with E-state index in [1.165, 1.54) is 0 Å². The van der Waals surface area contributed by atoms with Crippen molar-refractivity contribution in [2.45, 2.75) is 42.5 Å². The number of ether oxygens (including phenoxy) is 6. The fraction of sp³-hybridized carbons (Fsp3) is 0.550. The van der Waals surface area contributed by atoms with Crippen LogP contribution in [0.15, 0.2) is 18.7 Å². The third-order valence-corrected chi connectivity index (χ3v) is 4.91. The lowest BCUT2D eigenvalue weighted by Gasteiger charge is -2.41. The molecule has 0 aromatic heterocycles. The maximum absolute atomic E-state index is 12.3. The molecule has 31 heavy (non-hydrogen) atoms. The molecule has 2 aliphatic heterocycles. The second kappa shape index (κ2) is 9.50. The van der Waals surface area contributed by atoms with Gasteiger partial charge in [-0.25, -0.2) is 4.79 Å². The van der Waals surface area contributed by atoms with Crippen LogP contribution in [0.3, 0.4) is 0 Å². The molecule has 1 saturated heterocycles. The molecule has 2 heterocycles. The van der Waals surface area contributed by atoms with Gasteiger partial charge in [-0.3, -0.25) is 0 Å². The van der Waals surface area contributed by atoms with Crippen LogP contribution in [0, 0.1) is 6.92 Å². The van der Waals surface area contributed by atoms with E-state index in [2.05, 4.69) is 11.9 Å². The lowest BCUT2D eigenvalue weighted by molar-refractivity contribution is -0.284. The van der Waals surface area contributed by atoms with Crippen LogP contribution in [-0.2, 0) is 14.2 Å². The number of nitrogens with one attached hydrogen (secondary N) is 1. The highest BCUT2D eigenvalue weighted by atomic mass is 35.6. The number of rotatable bonds is 6. The molecule has 1 aromatic carbocycles. The quantitative estimate of drug-likeness (QED) is 0.456. The van der Waals surface area contributed by atoms with Crippen molar-refractivity contribution in [3.05, 3.63) is 29.8 Å². The molecule has 8 nitrogen and oxygen atoms in total. The molecule has 0 bridgehead atoms. The van der Waals surface area contributed by atoms with Gasteiger partial charge in [0.25, 0.3) is 0 Å². The second-order valence-electron chi connectivity index (χ2n) is 7.44. The third kappa shape index (κ3) is 6.02. The number of carbonyl (C=O) groups is 1. The lowest BCUT2D eigenvalue weighted by Crippen LogP contribution is -2.52. The summed E-state index contributed by atoms with van der Waals surface area (Å²) in [6.07, 6.45) is 0.197. The zero-order chi connectivity index (χ0) is 22.8. The number of hydrogen-bond donors (Lipinski definition) is 1. The first-order valence-corrected chi connectivity index (χ1v) is 10.6. The molecule has 0 saturated carbocycles. The Morgan fingerprint density at radius 1 is 1.39 bits per heavy atom. The van der Waals surface area contributed by atoms with Crippen molar-refractivity contribution in [1.29, 1.82) is 0 Å². The summed E-state index contributed by atoms with van der Waals surface area (Å²) in [6.45, 7) is 9.22. The van der Waals surface area contributed by atoms with Crippen LogP contribution in [0.2, 0.25) is 0 Å². The van der Waals surface area contributed by atoms with Crippen LogP contribution >= 0.6 is 34.8 Å². The molecule has 0 unspecified atom stereocenters. The number of hydrogen-bond acceptors (Lipinski definition) is 7. The van der Waals surface area contributed by atoms with Gasteiger partial charge in [-0.15, -0.1) is 0 Å². The summed E-state index contributed by atoms with van der Waals surface area (Å²) in [7, 11) is 0. The van der Waals surface area contributed by atoms with E-state index >= 15 is 0 Å². The van der Waals surface area contributed by atoms with Gasteiger partial charge in [0, 0.05) is 11.1 Å². The van der Waals surface area contributed by atoms with Crippen LogP contribution < -0.4 is 19.5 Å². The molecule has 172 valence electrons. The van der Waals surface area contributed by atoms with Crippen LogP contribution in [0.4, 0.5) is 4.79 Å². The monoisotopic (exact) mass is 495 g/mol. The van der Waals surface area contributed by atoms with Gasteiger partial charge in [0.2, 0.25) is 10.6 Å². The summed E-state index contributed by atoms with van der Waals surface area (Å²) >= 11 is 16.9. The molecule has 0 aliphatic carbocycles. The minimum absolute atomic E-state index is 0.103. The average Bonchev–Trinajstić information content (AvgIpc) is 3.15. The van der Waals surface area contributed by atoms with E-state index in [1.807, 2.05) is 6.92 Å². The van der Waals surface area contributed by atoms with E-state index in [-0.39, 0.29) is 20.0 Å². The van der Waals surface area contributed by atoms with Crippen molar-refractivity contribution in [2.24, 2.45) is 0 Å². The summed E-state index contributed by atoms with van der Waals surface area (Å²) in [5.41, 5.74) is 1.41. The van der Waals surface area contributed by atoms with Crippen molar-refractivity contribution in [3.8, 4) is 17.2 Å². The van der Waals surface area contributed by atoms with Crippen LogP contribution in [-0.4, -0.2) is 48.3 Å². The highest BCUT2D eigenvalue weighted by molar-refractivity contribution is 6.67. The first-order valence-electron chi connectivity index (χ1n) is 9.49. The van der Waals surface area contributed by atoms with Gasteiger partial charge in [-0.1, -0.05) is 47.5 Å². The summed E-state index contributed by atoms with van der Waals surface area (Å²) in [5, 5.41) is 2.71. The predicted octanol–water partition coefficient (Wildman–Crippen LogP) is 4.58. The van der Waals surface area contributed by atoms with E-state index in [9.17, 15) is 4.79 Å². The van der Waals surface area contributed by atoms with Gasteiger partial charge >= 0.3 is 6.09 Å². The van der Waals surface area contributed by atoms with E-state index in [0.717, 1.165) is 5.56 Å². The Morgan fingerprint density at radius 2 is 2.13 bits per heavy atom. The van der Waals surface area contributed by atoms with Gasteiger partial charge in [0.05, 0.1) is 12.6 Å². The largest absolute Gasteiger partial charge is 0.489 e. The summed E-state index contributed by atoms with van der Waals surface area (Å²) in [5.74, 6) is 0.794. The van der Waals surface area contributed by atoms with Crippen molar-refractivity contribution in [2.75, 3.05) is 26.6 Å².